The van der Waals surface area contributed by atoms with Crippen LogP contribution in [-0.4, -0.2) is 31.7 Å². The third-order valence-electron chi connectivity index (χ3n) is 3.92. The van der Waals surface area contributed by atoms with Crippen molar-refractivity contribution in [2.24, 2.45) is 0 Å². The molecular formula is C18H17FN2O4S2. The number of para-hydroxylation sites is 1. The molecule has 9 heteroatoms. The summed E-state index contributed by atoms with van der Waals surface area (Å²) in [5.74, 6) is -1.15. The van der Waals surface area contributed by atoms with Crippen LogP contribution in [0.4, 0.5) is 15.8 Å². The normalized spacial score (nSPS) is 14.0. The van der Waals surface area contributed by atoms with Gasteiger partial charge in [-0.2, -0.15) is 0 Å². The maximum atomic E-state index is 13.5. The first kappa shape index (κ1) is 19.4. The summed E-state index contributed by atoms with van der Waals surface area (Å²) in [5, 5.41) is 5.05. The Morgan fingerprint density at radius 3 is 2.78 bits per heavy atom. The summed E-state index contributed by atoms with van der Waals surface area (Å²) in [6, 6.07) is 10.2. The Hall–Kier alpha value is -2.39. The molecule has 1 heterocycles. The first-order chi connectivity index (χ1) is 12.8. The van der Waals surface area contributed by atoms with Crippen LogP contribution in [0.5, 0.6) is 0 Å². The fourth-order valence-electron chi connectivity index (χ4n) is 2.51. The predicted molar refractivity (Wildman–Crippen MR) is 102 cm³/mol. The van der Waals surface area contributed by atoms with E-state index in [1.165, 1.54) is 42.1 Å². The van der Waals surface area contributed by atoms with Crippen LogP contribution in [-0.2, 0) is 19.4 Å². The number of carbonyl (C=O) groups is 2. The molecule has 2 N–H and O–H groups in total. The van der Waals surface area contributed by atoms with Gasteiger partial charge >= 0.3 is 0 Å². The molecule has 1 aliphatic heterocycles. The molecule has 0 aromatic heterocycles. The summed E-state index contributed by atoms with van der Waals surface area (Å²) in [5.41, 5.74) is 0.462. The van der Waals surface area contributed by atoms with Crippen LogP contribution in [0.2, 0.25) is 0 Å². The number of amides is 2. The van der Waals surface area contributed by atoms with Crippen LogP contribution in [0.1, 0.15) is 12.8 Å². The summed E-state index contributed by atoms with van der Waals surface area (Å²) in [7, 11) is -3.74. The van der Waals surface area contributed by atoms with E-state index in [1.807, 2.05) is 0 Å². The highest BCUT2D eigenvalue weighted by molar-refractivity contribution is 7.99. The number of sulfone groups is 1. The minimum absolute atomic E-state index is 0.00432. The number of thioether (sulfide) groups is 1. The molecule has 27 heavy (non-hydrogen) atoms. The van der Waals surface area contributed by atoms with E-state index in [0.29, 0.717) is 17.9 Å². The maximum absolute atomic E-state index is 13.5. The average Bonchev–Trinajstić information content (AvgIpc) is 2.82. The topological polar surface area (TPSA) is 92.3 Å². The van der Waals surface area contributed by atoms with Crippen molar-refractivity contribution in [3.63, 3.8) is 0 Å². The van der Waals surface area contributed by atoms with Crippen molar-refractivity contribution in [1.82, 2.24) is 0 Å². The van der Waals surface area contributed by atoms with Crippen molar-refractivity contribution < 1.29 is 22.4 Å². The third kappa shape index (κ3) is 4.86. The lowest BCUT2D eigenvalue weighted by atomic mass is 10.3. The van der Waals surface area contributed by atoms with Gasteiger partial charge in [-0.05, 0) is 30.3 Å². The molecular weight excluding hydrogens is 391 g/mol. The molecule has 0 spiro atoms. The van der Waals surface area contributed by atoms with Crippen molar-refractivity contribution >= 4 is 44.8 Å². The quantitative estimate of drug-likeness (QED) is 0.793. The molecule has 0 atom stereocenters. The number of benzene rings is 2. The van der Waals surface area contributed by atoms with Crippen molar-refractivity contribution in [1.29, 1.82) is 0 Å². The van der Waals surface area contributed by atoms with Gasteiger partial charge in [-0.3, -0.25) is 9.59 Å². The molecule has 6 nitrogen and oxygen atoms in total. The SMILES string of the molecule is O=C(CCS(=O)(=O)c1ccc2c(c1)NC(=O)CCS2)Nc1ccccc1F. The molecule has 1 aliphatic rings. The summed E-state index contributed by atoms with van der Waals surface area (Å²) in [4.78, 5) is 24.5. The summed E-state index contributed by atoms with van der Waals surface area (Å²) in [6.07, 6.45) is 0.0481. The number of rotatable bonds is 5. The van der Waals surface area contributed by atoms with Gasteiger partial charge in [-0.25, -0.2) is 12.8 Å². The number of nitrogens with one attached hydrogen (secondary N) is 2. The van der Waals surface area contributed by atoms with E-state index in [2.05, 4.69) is 10.6 Å². The van der Waals surface area contributed by atoms with Crippen LogP contribution < -0.4 is 10.6 Å². The van der Waals surface area contributed by atoms with Gasteiger partial charge in [-0.1, -0.05) is 12.1 Å². The van der Waals surface area contributed by atoms with Gasteiger partial charge in [0.15, 0.2) is 9.84 Å². The largest absolute Gasteiger partial charge is 0.325 e. The molecule has 2 aromatic rings. The monoisotopic (exact) mass is 408 g/mol. The summed E-state index contributed by atoms with van der Waals surface area (Å²) in [6.45, 7) is 0. The zero-order chi connectivity index (χ0) is 19.4. The predicted octanol–water partition coefficient (Wildman–Crippen LogP) is 3.06. The average molecular weight is 408 g/mol. The fourth-order valence-corrected chi connectivity index (χ4v) is 4.71. The van der Waals surface area contributed by atoms with Crippen molar-refractivity contribution in [3.8, 4) is 0 Å². The van der Waals surface area contributed by atoms with E-state index in [4.69, 9.17) is 0 Å². The van der Waals surface area contributed by atoms with Gasteiger partial charge < -0.3 is 10.6 Å². The van der Waals surface area contributed by atoms with Gasteiger partial charge in [0, 0.05) is 23.5 Å². The van der Waals surface area contributed by atoms with Gasteiger partial charge in [0.25, 0.3) is 0 Å². The van der Waals surface area contributed by atoms with Crippen molar-refractivity contribution in [2.75, 3.05) is 22.1 Å². The summed E-state index contributed by atoms with van der Waals surface area (Å²) >= 11 is 1.48. The van der Waals surface area contributed by atoms with Crippen molar-refractivity contribution in [2.45, 2.75) is 22.6 Å². The lowest BCUT2D eigenvalue weighted by molar-refractivity contribution is -0.116. The Labute approximate surface area is 160 Å². The van der Waals surface area contributed by atoms with Gasteiger partial charge in [0.2, 0.25) is 11.8 Å². The summed E-state index contributed by atoms with van der Waals surface area (Å²) < 4.78 is 38.6. The minimum atomic E-state index is -3.74. The van der Waals surface area contributed by atoms with Crippen LogP contribution in [0.25, 0.3) is 0 Å². The smallest absolute Gasteiger partial charge is 0.225 e. The van der Waals surface area contributed by atoms with E-state index in [9.17, 15) is 22.4 Å². The molecule has 0 saturated heterocycles. The molecule has 2 amide bonds. The Balaban J connectivity index is 1.69. The van der Waals surface area contributed by atoms with Crippen LogP contribution >= 0.6 is 11.8 Å². The van der Waals surface area contributed by atoms with E-state index in [0.717, 1.165) is 4.90 Å². The van der Waals surface area contributed by atoms with Crippen molar-refractivity contribution in [3.05, 3.63) is 48.3 Å². The molecule has 0 radical (unpaired) electrons. The Morgan fingerprint density at radius 1 is 1.22 bits per heavy atom. The Morgan fingerprint density at radius 2 is 2.00 bits per heavy atom. The molecule has 0 unspecified atom stereocenters. The minimum Gasteiger partial charge on any atom is -0.325 e. The van der Waals surface area contributed by atoms with E-state index >= 15 is 0 Å². The first-order valence-electron chi connectivity index (χ1n) is 8.19. The lowest BCUT2D eigenvalue weighted by Crippen LogP contribution is -2.18. The molecule has 2 aromatic carbocycles. The second-order valence-corrected chi connectivity index (χ2v) is 9.15. The van der Waals surface area contributed by atoms with E-state index in [-0.39, 0.29) is 22.9 Å². The number of fused-ring (bicyclic) bond motifs is 1. The van der Waals surface area contributed by atoms with Gasteiger partial charge in [0.05, 0.1) is 22.0 Å². The lowest BCUT2D eigenvalue weighted by Gasteiger charge is -2.10. The van der Waals surface area contributed by atoms with Crippen LogP contribution in [0.15, 0.2) is 52.3 Å². The maximum Gasteiger partial charge on any atom is 0.225 e. The first-order valence-corrected chi connectivity index (χ1v) is 10.8. The van der Waals surface area contributed by atoms with Crippen LogP contribution in [0.3, 0.4) is 0 Å². The standard InChI is InChI=1S/C18H17FN2O4S2/c19-13-3-1-2-4-14(13)20-18(23)8-10-27(24,25)12-5-6-16-15(11-12)21-17(22)7-9-26-16/h1-6,11H,7-10H2,(H,20,23)(H,21,22). The molecule has 142 valence electrons. The second-order valence-electron chi connectivity index (χ2n) is 5.90. The Kier molecular flexibility index (Phi) is 5.81. The molecule has 0 saturated carbocycles. The molecule has 0 fully saturated rings. The van der Waals surface area contributed by atoms with Gasteiger partial charge in [-0.15, -0.1) is 11.8 Å². The zero-order valence-corrected chi connectivity index (χ0v) is 15.8. The fraction of sp³-hybridized carbons (Fsp3) is 0.222. The number of anilines is 2. The van der Waals surface area contributed by atoms with Gasteiger partial charge in [0.1, 0.15) is 5.82 Å². The highest BCUT2D eigenvalue weighted by atomic mass is 32.2. The Bertz CT molecular complexity index is 993. The highest BCUT2D eigenvalue weighted by Crippen LogP contribution is 2.33. The number of carbonyl (C=O) groups excluding carboxylic acids is 2. The number of hydrogen-bond donors (Lipinski definition) is 2. The van der Waals surface area contributed by atoms with E-state index in [1.54, 1.807) is 12.1 Å². The molecule has 0 bridgehead atoms. The zero-order valence-electron chi connectivity index (χ0n) is 14.2. The highest BCUT2D eigenvalue weighted by Gasteiger charge is 2.20. The second kappa shape index (κ2) is 8.10. The molecule has 3 rings (SSSR count). The third-order valence-corrected chi connectivity index (χ3v) is 6.71. The number of hydrogen-bond acceptors (Lipinski definition) is 5. The number of halogens is 1. The van der Waals surface area contributed by atoms with E-state index < -0.39 is 27.3 Å². The van der Waals surface area contributed by atoms with Crippen LogP contribution in [0, 0.1) is 5.82 Å². The molecule has 0 aliphatic carbocycles.